The summed E-state index contributed by atoms with van der Waals surface area (Å²) < 4.78 is 5.68. The van der Waals surface area contributed by atoms with Gasteiger partial charge in [0.25, 0.3) is 5.91 Å². The molecule has 1 amide bonds. The van der Waals surface area contributed by atoms with Gasteiger partial charge in [-0.25, -0.2) is 5.84 Å². The highest BCUT2D eigenvalue weighted by molar-refractivity contribution is 7.99. The van der Waals surface area contributed by atoms with Crippen LogP contribution < -0.4 is 11.3 Å². The van der Waals surface area contributed by atoms with E-state index in [1.165, 1.54) is 10.5 Å². The largest absolute Gasteiger partial charge is 0.364 e. The van der Waals surface area contributed by atoms with Gasteiger partial charge in [-0.15, -0.1) is 11.8 Å². The Kier molecular flexibility index (Phi) is 5.46. The first-order chi connectivity index (χ1) is 9.60. The van der Waals surface area contributed by atoms with Gasteiger partial charge in [0, 0.05) is 10.6 Å². The number of nitrogens with two attached hydrogens (primary N) is 1. The molecule has 2 atom stereocenters. The first kappa shape index (κ1) is 15.4. The Morgan fingerprint density at radius 3 is 2.70 bits per heavy atom. The summed E-state index contributed by atoms with van der Waals surface area (Å²) in [4.78, 5) is 12.6. The molecule has 1 heterocycles. The van der Waals surface area contributed by atoms with Crippen molar-refractivity contribution in [3.63, 3.8) is 0 Å². The third kappa shape index (κ3) is 3.98. The Morgan fingerprint density at radius 2 is 2.10 bits per heavy atom. The van der Waals surface area contributed by atoms with Crippen molar-refractivity contribution in [2.24, 2.45) is 5.84 Å². The number of carbonyl (C=O) groups is 1. The fourth-order valence-corrected chi connectivity index (χ4v) is 3.20. The molecule has 0 radical (unpaired) electrons. The van der Waals surface area contributed by atoms with Gasteiger partial charge < -0.3 is 4.74 Å². The average molecular weight is 294 g/mol. The molecule has 110 valence electrons. The number of carbonyl (C=O) groups excluding carboxylic acids is 1. The van der Waals surface area contributed by atoms with Crippen molar-refractivity contribution in [1.29, 1.82) is 0 Å². The summed E-state index contributed by atoms with van der Waals surface area (Å²) in [6.45, 7) is 4.38. The molecule has 0 spiro atoms. The zero-order chi connectivity index (χ0) is 14.5. The average Bonchev–Trinajstić information content (AvgIpc) is 2.93. The van der Waals surface area contributed by atoms with E-state index in [1.807, 2.05) is 0 Å². The van der Waals surface area contributed by atoms with Gasteiger partial charge in [0.15, 0.2) is 0 Å². The van der Waals surface area contributed by atoms with E-state index in [0.717, 1.165) is 18.6 Å². The quantitative estimate of drug-likeness (QED) is 0.379. The SMILES string of the molecule is CC(C)c1ccc(SCC2CCC(C(=O)NN)O2)cc1. The molecule has 3 N–H and O–H groups in total. The molecule has 1 aliphatic rings. The zero-order valence-electron chi connectivity index (χ0n) is 12.0. The molecule has 1 aromatic carbocycles. The van der Waals surface area contributed by atoms with E-state index in [-0.39, 0.29) is 18.1 Å². The van der Waals surface area contributed by atoms with Gasteiger partial charge in [0.2, 0.25) is 0 Å². The normalized spacial score (nSPS) is 22.2. The Bertz CT molecular complexity index is 448. The van der Waals surface area contributed by atoms with Gasteiger partial charge in [-0.1, -0.05) is 26.0 Å². The maximum atomic E-state index is 11.4. The second-order valence-electron chi connectivity index (χ2n) is 5.37. The van der Waals surface area contributed by atoms with Crippen LogP contribution >= 0.6 is 11.8 Å². The summed E-state index contributed by atoms with van der Waals surface area (Å²) in [6, 6.07) is 8.65. The first-order valence-electron chi connectivity index (χ1n) is 6.99. The third-order valence-electron chi connectivity index (χ3n) is 3.52. The highest BCUT2D eigenvalue weighted by Crippen LogP contribution is 2.27. The van der Waals surface area contributed by atoms with Crippen LogP contribution in [-0.2, 0) is 9.53 Å². The molecule has 1 aliphatic heterocycles. The number of benzene rings is 1. The fourth-order valence-electron chi connectivity index (χ4n) is 2.25. The Morgan fingerprint density at radius 1 is 1.40 bits per heavy atom. The van der Waals surface area contributed by atoms with Crippen molar-refractivity contribution >= 4 is 17.7 Å². The van der Waals surface area contributed by atoms with Crippen molar-refractivity contribution in [2.75, 3.05) is 5.75 Å². The van der Waals surface area contributed by atoms with Crippen LogP contribution in [0.5, 0.6) is 0 Å². The van der Waals surface area contributed by atoms with Crippen LogP contribution in [0.25, 0.3) is 0 Å². The number of thioether (sulfide) groups is 1. The Hall–Kier alpha value is -1.04. The van der Waals surface area contributed by atoms with Crippen molar-refractivity contribution in [3.05, 3.63) is 29.8 Å². The van der Waals surface area contributed by atoms with Crippen LogP contribution in [0, 0.1) is 0 Å². The van der Waals surface area contributed by atoms with E-state index in [2.05, 4.69) is 43.5 Å². The van der Waals surface area contributed by atoms with Crippen LogP contribution in [0.15, 0.2) is 29.2 Å². The van der Waals surface area contributed by atoms with Crippen molar-refractivity contribution in [1.82, 2.24) is 5.43 Å². The van der Waals surface area contributed by atoms with E-state index in [0.29, 0.717) is 5.92 Å². The molecule has 2 unspecified atom stereocenters. The van der Waals surface area contributed by atoms with Gasteiger partial charge in [-0.2, -0.15) is 0 Å². The van der Waals surface area contributed by atoms with Gasteiger partial charge in [0.1, 0.15) is 6.10 Å². The number of amides is 1. The van der Waals surface area contributed by atoms with E-state index < -0.39 is 0 Å². The van der Waals surface area contributed by atoms with Crippen molar-refractivity contribution in [2.45, 2.75) is 49.7 Å². The highest BCUT2D eigenvalue weighted by atomic mass is 32.2. The highest BCUT2D eigenvalue weighted by Gasteiger charge is 2.30. The van der Waals surface area contributed by atoms with Crippen LogP contribution in [0.1, 0.15) is 38.2 Å². The standard InChI is InChI=1S/C15H22N2O2S/c1-10(2)11-3-6-13(7-4-11)20-9-12-5-8-14(19-12)15(18)17-16/h3-4,6-7,10,12,14H,5,8-9,16H2,1-2H3,(H,17,18). The molecule has 1 fully saturated rings. The maximum Gasteiger partial charge on any atom is 0.263 e. The molecule has 0 saturated carbocycles. The Balaban J connectivity index is 1.80. The van der Waals surface area contributed by atoms with E-state index in [1.54, 1.807) is 11.8 Å². The summed E-state index contributed by atoms with van der Waals surface area (Å²) in [5, 5.41) is 0. The molecule has 0 bridgehead atoms. The predicted molar refractivity (Wildman–Crippen MR) is 81.5 cm³/mol. The lowest BCUT2D eigenvalue weighted by atomic mass is 10.0. The molecule has 5 heteroatoms. The molecular weight excluding hydrogens is 272 g/mol. The van der Waals surface area contributed by atoms with Crippen molar-refractivity contribution < 1.29 is 9.53 Å². The monoisotopic (exact) mass is 294 g/mol. The lowest BCUT2D eigenvalue weighted by Crippen LogP contribution is -2.39. The number of rotatable bonds is 5. The van der Waals surface area contributed by atoms with Crippen LogP contribution in [-0.4, -0.2) is 23.9 Å². The van der Waals surface area contributed by atoms with E-state index >= 15 is 0 Å². The van der Waals surface area contributed by atoms with Crippen LogP contribution in [0.2, 0.25) is 0 Å². The van der Waals surface area contributed by atoms with E-state index in [9.17, 15) is 4.79 Å². The summed E-state index contributed by atoms with van der Waals surface area (Å²) >= 11 is 1.77. The number of nitrogens with one attached hydrogen (secondary N) is 1. The molecule has 0 aromatic heterocycles. The van der Waals surface area contributed by atoms with Gasteiger partial charge in [0.05, 0.1) is 6.10 Å². The summed E-state index contributed by atoms with van der Waals surface area (Å²) in [5.41, 5.74) is 3.50. The lowest BCUT2D eigenvalue weighted by molar-refractivity contribution is -0.131. The van der Waals surface area contributed by atoms with Gasteiger partial charge >= 0.3 is 0 Å². The van der Waals surface area contributed by atoms with Crippen LogP contribution in [0.3, 0.4) is 0 Å². The smallest absolute Gasteiger partial charge is 0.263 e. The molecular formula is C15H22N2O2S. The summed E-state index contributed by atoms with van der Waals surface area (Å²) in [7, 11) is 0. The van der Waals surface area contributed by atoms with Gasteiger partial charge in [-0.3, -0.25) is 10.2 Å². The summed E-state index contributed by atoms with van der Waals surface area (Å²) in [6.07, 6.45) is 1.41. The minimum Gasteiger partial charge on any atom is -0.364 e. The second-order valence-corrected chi connectivity index (χ2v) is 6.46. The number of ether oxygens (including phenoxy) is 1. The molecule has 1 saturated heterocycles. The molecule has 20 heavy (non-hydrogen) atoms. The zero-order valence-corrected chi connectivity index (χ0v) is 12.8. The molecule has 4 nitrogen and oxygen atoms in total. The maximum absolute atomic E-state index is 11.4. The van der Waals surface area contributed by atoms with Gasteiger partial charge in [-0.05, 0) is 36.5 Å². The number of hydrazine groups is 1. The third-order valence-corrected chi connectivity index (χ3v) is 4.67. The predicted octanol–water partition coefficient (Wildman–Crippen LogP) is 2.44. The topological polar surface area (TPSA) is 64.4 Å². The molecule has 2 rings (SSSR count). The molecule has 0 aliphatic carbocycles. The first-order valence-corrected chi connectivity index (χ1v) is 7.97. The molecule has 1 aromatic rings. The minimum atomic E-state index is -0.381. The summed E-state index contributed by atoms with van der Waals surface area (Å²) in [5.74, 6) is 6.32. The fraction of sp³-hybridized carbons (Fsp3) is 0.533. The van der Waals surface area contributed by atoms with Crippen LogP contribution in [0.4, 0.5) is 0 Å². The lowest BCUT2D eigenvalue weighted by Gasteiger charge is -2.12. The minimum absolute atomic E-state index is 0.132. The second kappa shape index (κ2) is 7.11. The van der Waals surface area contributed by atoms with E-state index in [4.69, 9.17) is 10.6 Å². The number of hydrogen-bond acceptors (Lipinski definition) is 4. The van der Waals surface area contributed by atoms with Crippen molar-refractivity contribution in [3.8, 4) is 0 Å². The number of hydrogen-bond donors (Lipinski definition) is 2. The Labute approximate surface area is 124 Å².